The predicted octanol–water partition coefficient (Wildman–Crippen LogP) is 1.87. The number of carboxylic acid groups (broad SMARTS) is 1. The number of benzene rings is 1. The summed E-state index contributed by atoms with van der Waals surface area (Å²) in [5.74, 6) is -1.25. The quantitative estimate of drug-likeness (QED) is 0.882. The molecule has 1 aliphatic rings. The highest BCUT2D eigenvalue weighted by Crippen LogP contribution is 2.16. The number of nitrogens with zero attached hydrogens (tertiary/aromatic N) is 1. The molecule has 1 aliphatic heterocycles. The van der Waals surface area contributed by atoms with Crippen molar-refractivity contribution in [1.29, 1.82) is 0 Å². The molecule has 0 bridgehead atoms. The van der Waals surface area contributed by atoms with Crippen LogP contribution in [0.2, 0.25) is 0 Å². The van der Waals surface area contributed by atoms with E-state index in [0.29, 0.717) is 26.1 Å². The minimum atomic E-state index is -0.823. The van der Waals surface area contributed by atoms with Crippen LogP contribution < -0.4 is 5.32 Å². The molecule has 0 radical (unpaired) electrons. The summed E-state index contributed by atoms with van der Waals surface area (Å²) < 4.78 is 0. The summed E-state index contributed by atoms with van der Waals surface area (Å²) in [5, 5.41) is 11.8. The van der Waals surface area contributed by atoms with Crippen molar-refractivity contribution in [2.24, 2.45) is 5.92 Å². The third-order valence-electron chi connectivity index (χ3n) is 3.75. The largest absolute Gasteiger partial charge is 0.481 e. The monoisotopic (exact) mass is 276 g/mol. The standard InChI is InChI=1S/C15H20N2O3/c1-2-11-5-3-4-6-12(11)9-16-15(20)17-8-7-13(10-17)14(18)19/h3-6,13H,2,7-10H2,1H3,(H,16,20)(H,18,19). The number of rotatable bonds is 4. The predicted molar refractivity (Wildman–Crippen MR) is 75.4 cm³/mol. The Morgan fingerprint density at radius 1 is 1.35 bits per heavy atom. The Hall–Kier alpha value is -2.04. The fourth-order valence-electron chi connectivity index (χ4n) is 2.50. The molecule has 2 N–H and O–H groups in total. The number of carboxylic acids is 1. The summed E-state index contributed by atoms with van der Waals surface area (Å²) >= 11 is 0. The lowest BCUT2D eigenvalue weighted by Gasteiger charge is -2.17. The Kier molecular flexibility index (Phi) is 4.61. The molecule has 1 aromatic carbocycles. The lowest BCUT2D eigenvalue weighted by atomic mass is 10.1. The molecule has 0 aromatic heterocycles. The van der Waals surface area contributed by atoms with E-state index in [0.717, 1.165) is 12.0 Å². The second-order valence-corrected chi connectivity index (χ2v) is 5.05. The first-order valence-electron chi connectivity index (χ1n) is 6.94. The van der Waals surface area contributed by atoms with E-state index in [4.69, 9.17) is 5.11 Å². The van der Waals surface area contributed by atoms with Gasteiger partial charge in [0, 0.05) is 19.6 Å². The van der Waals surface area contributed by atoms with Gasteiger partial charge in [0.2, 0.25) is 0 Å². The average Bonchev–Trinajstić information content (AvgIpc) is 2.95. The van der Waals surface area contributed by atoms with Gasteiger partial charge in [0.25, 0.3) is 0 Å². The summed E-state index contributed by atoms with van der Waals surface area (Å²) in [6.07, 6.45) is 1.46. The Balaban J connectivity index is 1.88. The molecule has 5 nitrogen and oxygen atoms in total. The number of amides is 2. The van der Waals surface area contributed by atoms with Gasteiger partial charge in [-0.3, -0.25) is 4.79 Å². The first-order chi connectivity index (χ1) is 9.61. The van der Waals surface area contributed by atoms with Crippen molar-refractivity contribution >= 4 is 12.0 Å². The van der Waals surface area contributed by atoms with Gasteiger partial charge in [0.05, 0.1) is 5.92 Å². The van der Waals surface area contributed by atoms with Crippen molar-refractivity contribution in [3.63, 3.8) is 0 Å². The van der Waals surface area contributed by atoms with E-state index in [2.05, 4.69) is 18.3 Å². The molecule has 1 atom stereocenters. The van der Waals surface area contributed by atoms with E-state index < -0.39 is 11.9 Å². The van der Waals surface area contributed by atoms with Crippen molar-refractivity contribution in [3.8, 4) is 0 Å². The number of carbonyl (C=O) groups is 2. The number of likely N-dealkylation sites (tertiary alicyclic amines) is 1. The Labute approximate surface area is 118 Å². The number of aryl methyl sites for hydroxylation is 1. The van der Waals surface area contributed by atoms with Gasteiger partial charge in [-0.05, 0) is 24.0 Å². The molecule has 5 heteroatoms. The van der Waals surface area contributed by atoms with Crippen LogP contribution >= 0.6 is 0 Å². The van der Waals surface area contributed by atoms with Crippen molar-refractivity contribution in [2.45, 2.75) is 26.3 Å². The van der Waals surface area contributed by atoms with Crippen molar-refractivity contribution in [1.82, 2.24) is 10.2 Å². The number of carbonyl (C=O) groups excluding carboxylic acids is 1. The maximum Gasteiger partial charge on any atom is 0.317 e. The van der Waals surface area contributed by atoms with Gasteiger partial charge < -0.3 is 15.3 Å². The summed E-state index contributed by atoms with van der Waals surface area (Å²) in [5.41, 5.74) is 2.33. The van der Waals surface area contributed by atoms with Gasteiger partial charge >= 0.3 is 12.0 Å². The number of hydrogen-bond acceptors (Lipinski definition) is 2. The molecule has 1 fully saturated rings. The van der Waals surface area contributed by atoms with E-state index in [-0.39, 0.29) is 6.03 Å². The van der Waals surface area contributed by atoms with Gasteiger partial charge in [-0.2, -0.15) is 0 Å². The second kappa shape index (κ2) is 6.41. The lowest BCUT2D eigenvalue weighted by Crippen LogP contribution is -2.38. The maximum atomic E-state index is 12.0. The number of nitrogens with one attached hydrogen (secondary N) is 1. The van der Waals surface area contributed by atoms with Crippen LogP contribution in [0.25, 0.3) is 0 Å². The fourth-order valence-corrected chi connectivity index (χ4v) is 2.50. The molecule has 2 rings (SSSR count). The molecule has 108 valence electrons. The number of urea groups is 1. The first kappa shape index (κ1) is 14.4. The molecule has 0 saturated carbocycles. The summed E-state index contributed by atoms with van der Waals surface area (Å²) in [6, 6.07) is 7.82. The SMILES string of the molecule is CCc1ccccc1CNC(=O)N1CCC(C(=O)O)C1. The molecule has 0 spiro atoms. The van der Waals surface area contributed by atoms with Crippen LogP contribution in [0.5, 0.6) is 0 Å². The molecular formula is C15H20N2O3. The van der Waals surface area contributed by atoms with E-state index in [1.807, 2.05) is 18.2 Å². The highest BCUT2D eigenvalue weighted by molar-refractivity contribution is 5.77. The Bertz CT molecular complexity index is 502. The Morgan fingerprint density at radius 3 is 2.65 bits per heavy atom. The van der Waals surface area contributed by atoms with Crippen LogP contribution in [0, 0.1) is 5.92 Å². The Morgan fingerprint density at radius 2 is 2.05 bits per heavy atom. The van der Waals surface area contributed by atoms with Crippen LogP contribution in [0.4, 0.5) is 4.79 Å². The third kappa shape index (κ3) is 3.29. The second-order valence-electron chi connectivity index (χ2n) is 5.05. The maximum absolute atomic E-state index is 12.0. The molecule has 1 saturated heterocycles. The van der Waals surface area contributed by atoms with E-state index in [9.17, 15) is 9.59 Å². The average molecular weight is 276 g/mol. The van der Waals surface area contributed by atoms with Crippen molar-refractivity contribution in [2.75, 3.05) is 13.1 Å². The van der Waals surface area contributed by atoms with Crippen molar-refractivity contribution < 1.29 is 14.7 Å². The molecule has 1 heterocycles. The van der Waals surface area contributed by atoms with Crippen LogP contribution in [-0.4, -0.2) is 35.1 Å². The molecule has 1 unspecified atom stereocenters. The first-order valence-corrected chi connectivity index (χ1v) is 6.94. The van der Waals surface area contributed by atoms with Gasteiger partial charge in [-0.25, -0.2) is 4.79 Å². The molecule has 1 aromatic rings. The van der Waals surface area contributed by atoms with Gasteiger partial charge in [0.1, 0.15) is 0 Å². The molecule has 2 amide bonds. The zero-order valence-electron chi connectivity index (χ0n) is 11.6. The number of aliphatic carboxylic acids is 1. The highest BCUT2D eigenvalue weighted by Gasteiger charge is 2.30. The normalized spacial score (nSPS) is 18.1. The van der Waals surface area contributed by atoms with Crippen molar-refractivity contribution in [3.05, 3.63) is 35.4 Å². The molecule has 20 heavy (non-hydrogen) atoms. The minimum absolute atomic E-state index is 0.181. The fraction of sp³-hybridized carbons (Fsp3) is 0.467. The van der Waals surface area contributed by atoms with Gasteiger partial charge in [-0.15, -0.1) is 0 Å². The highest BCUT2D eigenvalue weighted by atomic mass is 16.4. The van der Waals surface area contributed by atoms with Crippen LogP contribution in [0.3, 0.4) is 0 Å². The zero-order chi connectivity index (χ0) is 14.5. The van der Waals surface area contributed by atoms with E-state index in [1.165, 1.54) is 5.56 Å². The topological polar surface area (TPSA) is 69.6 Å². The summed E-state index contributed by atoms with van der Waals surface area (Å²) in [4.78, 5) is 24.5. The van der Waals surface area contributed by atoms with E-state index in [1.54, 1.807) is 4.90 Å². The van der Waals surface area contributed by atoms with E-state index >= 15 is 0 Å². The minimum Gasteiger partial charge on any atom is -0.481 e. The molecular weight excluding hydrogens is 256 g/mol. The van der Waals surface area contributed by atoms with Crippen LogP contribution in [0.1, 0.15) is 24.5 Å². The van der Waals surface area contributed by atoms with Gasteiger partial charge in [-0.1, -0.05) is 31.2 Å². The summed E-state index contributed by atoms with van der Waals surface area (Å²) in [7, 11) is 0. The zero-order valence-corrected chi connectivity index (χ0v) is 11.6. The smallest absolute Gasteiger partial charge is 0.317 e. The summed E-state index contributed by atoms with van der Waals surface area (Å²) in [6.45, 7) is 3.38. The third-order valence-corrected chi connectivity index (χ3v) is 3.75. The van der Waals surface area contributed by atoms with Gasteiger partial charge in [0.15, 0.2) is 0 Å². The lowest BCUT2D eigenvalue weighted by molar-refractivity contribution is -0.141. The van der Waals surface area contributed by atoms with Crippen LogP contribution in [0.15, 0.2) is 24.3 Å². The van der Waals surface area contributed by atoms with Crippen LogP contribution in [-0.2, 0) is 17.8 Å². The molecule has 0 aliphatic carbocycles. The number of hydrogen-bond donors (Lipinski definition) is 2.